The third-order valence-corrected chi connectivity index (χ3v) is 6.20. The third kappa shape index (κ3) is 4.82. The molecular formula is C22H23ClN4OS. The zero-order valence-corrected chi connectivity index (χ0v) is 17.7. The highest BCUT2D eigenvalue weighted by Crippen LogP contribution is 2.29. The summed E-state index contributed by atoms with van der Waals surface area (Å²) in [5, 5.41) is 10.2. The average Bonchev–Trinajstić information content (AvgIpc) is 2.98. The van der Waals surface area contributed by atoms with Crippen molar-refractivity contribution in [1.29, 1.82) is 0 Å². The fourth-order valence-corrected chi connectivity index (χ4v) is 4.48. The van der Waals surface area contributed by atoms with E-state index in [4.69, 9.17) is 11.6 Å². The molecular weight excluding hydrogens is 404 g/mol. The van der Waals surface area contributed by atoms with Gasteiger partial charge in [-0.25, -0.2) is 0 Å². The molecule has 5 nitrogen and oxygen atoms in total. The molecule has 0 N–H and O–H groups in total. The summed E-state index contributed by atoms with van der Waals surface area (Å²) in [5.74, 6) is 1.27. The van der Waals surface area contributed by atoms with Crippen molar-refractivity contribution in [2.24, 2.45) is 0 Å². The maximum absolute atomic E-state index is 12.7. The van der Waals surface area contributed by atoms with Crippen molar-refractivity contribution in [2.45, 2.75) is 30.8 Å². The lowest BCUT2D eigenvalue weighted by atomic mass is 10.2. The Balaban J connectivity index is 1.59. The van der Waals surface area contributed by atoms with Crippen LogP contribution in [0, 0.1) is 0 Å². The number of thioether (sulfide) groups is 1. The van der Waals surface area contributed by atoms with Crippen molar-refractivity contribution in [3.8, 4) is 17.1 Å². The van der Waals surface area contributed by atoms with Gasteiger partial charge in [0.1, 0.15) is 0 Å². The Morgan fingerprint density at radius 2 is 1.62 bits per heavy atom. The number of hydrogen-bond donors (Lipinski definition) is 0. The topological polar surface area (TPSA) is 51.0 Å². The SMILES string of the molecule is O=C(CSc1nnc(-c2ccc(Cl)cc2)n1-c1ccccc1)N1CCCCCC1. The van der Waals surface area contributed by atoms with E-state index >= 15 is 0 Å². The van der Waals surface area contributed by atoms with Gasteiger partial charge in [0.05, 0.1) is 5.75 Å². The van der Waals surface area contributed by atoms with Crippen LogP contribution in [0.1, 0.15) is 25.7 Å². The lowest BCUT2D eigenvalue weighted by Gasteiger charge is -2.20. The van der Waals surface area contributed by atoms with Crippen LogP contribution in [0.25, 0.3) is 17.1 Å². The van der Waals surface area contributed by atoms with Crippen LogP contribution in [0.3, 0.4) is 0 Å². The molecule has 2 aromatic carbocycles. The van der Waals surface area contributed by atoms with Gasteiger partial charge < -0.3 is 4.90 Å². The van der Waals surface area contributed by atoms with Crippen LogP contribution in [0.5, 0.6) is 0 Å². The van der Waals surface area contributed by atoms with E-state index in [2.05, 4.69) is 10.2 Å². The van der Waals surface area contributed by atoms with Gasteiger partial charge in [-0.1, -0.05) is 54.4 Å². The minimum absolute atomic E-state index is 0.174. The molecule has 1 aliphatic heterocycles. The van der Waals surface area contributed by atoms with Crippen molar-refractivity contribution in [3.05, 3.63) is 59.6 Å². The summed E-state index contributed by atoms with van der Waals surface area (Å²) in [7, 11) is 0. The molecule has 0 bridgehead atoms. The highest BCUT2D eigenvalue weighted by Gasteiger charge is 2.20. The minimum atomic E-state index is 0.174. The molecule has 3 aromatic rings. The van der Waals surface area contributed by atoms with E-state index in [0.29, 0.717) is 15.9 Å². The first-order chi connectivity index (χ1) is 14.2. The van der Waals surface area contributed by atoms with E-state index in [1.165, 1.54) is 24.6 Å². The normalized spacial score (nSPS) is 14.6. The number of halogens is 1. The summed E-state index contributed by atoms with van der Waals surface area (Å²) >= 11 is 7.48. The zero-order valence-electron chi connectivity index (χ0n) is 16.1. The van der Waals surface area contributed by atoms with Crippen molar-refractivity contribution in [2.75, 3.05) is 18.8 Å². The number of carbonyl (C=O) groups is 1. The van der Waals surface area contributed by atoms with E-state index in [-0.39, 0.29) is 5.91 Å². The molecule has 1 amide bonds. The number of rotatable bonds is 5. The monoisotopic (exact) mass is 426 g/mol. The summed E-state index contributed by atoms with van der Waals surface area (Å²) in [6.07, 6.45) is 4.61. The molecule has 2 heterocycles. The first-order valence-electron chi connectivity index (χ1n) is 9.90. The summed E-state index contributed by atoms with van der Waals surface area (Å²) in [4.78, 5) is 14.7. The van der Waals surface area contributed by atoms with Crippen LogP contribution in [0.15, 0.2) is 59.8 Å². The van der Waals surface area contributed by atoms with Crippen molar-refractivity contribution in [3.63, 3.8) is 0 Å². The molecule has 0 unspecified atom stereocenters. The Bertz CT molecular complexity index is 951. The Labute approximate surface area is 180 Å². The van der Waals surface area contributed by atoms with Crippen LogP contribution < -0.4 is 0 Å². The molecule has 1 fully saturated rings. The molecule has 1 saturated heterocycles. The maximum Gasteiger partial charge on any atom is 0.233 e. The van der Waals surface area contributed by atoms with Crippen molar-refractivity contribution in [1.82, 2.24) is 19.7 Å². The van der Waals surface area contributed by atoms with Gasteiger partial charge in [0.15, 0.2) is 11.0 Å². The van der Waals surface area contributed by atoms with Gasteiger partial charge in [-0.2, -0.15) is 0 Å². The van der Waals surface area contributed by atoms with Gasteiger partial charge in [-0.3, -0.25) is 9.36 Å². The van der Waals surface area contributed by atoms with Gasteiger partial charge in [0.2, 0.25) is 5.91 Å². The van der Waals surface area contributed by atoms with Gasteiger partial charge in [0, 0.05) is 29.4 Å². The lowest BCUT2D eigenvalue weighted by Crippen LogP contribution is -2.33. The van der Waals surface area contributed by atoms with Crippen LogP contribution >= 0.6 is 23.4 Å². The number of nitrogens with zero attached hydrogens (tertiary/aromatic N) is 4. The Morgan fingerprint density at radius 3 is 2.31 bits per heavy atom. The first kappa shape index (κ1) is 20.0. The second kappa shape index (κ2) is 9.46. The molecule has 29 heavy (non-hydrogen) atoms. The Hall–Kier alpha value is -2.31. The van der Waals surface area contributed by atoms with E-state index in [0.717, 1.165) is 43.0 Å². The van der Waals surface area contributed by atoms with E-state index in [9.17, 15) is 4.79 Å². The summed E-state index contributed by atoms with van der Waals surface area (Å²) in [6, 6.07) is 17.5. The predicted octanol–water partition coefficient (Wildman–Crippen LogP) is 5.08. The fraction of sp³-hybridized carbons (Fsp3) is 0.318. The van der Waals surface area contributed by atoms with Crippen molar-refractivity contribution >= 4 is 29.3 Å². The molecule has 1 aliphatic rings. The number of hydrogen-bond acceptors (Lipinski definition) is 4. The van der Waals surface area contributed by atoms with Gasteiger partial charge in [-0.15, -0.1) is 10.2 Å². The average molecular weight is 427 g/mol. The fourth-order valence-electron chi connectivity index (χ4n) is 3.50. The third-order valence-electron chi connectivity index (χ3n) is 5.03. The molecule has 0 aliphatic carbocycles. The summed E-state index contributed by atoms with van der Waals surface area (Å²) < 4.78 is 2.00. The minimum Gasteiger partial charge on any atom is -0.342 e. The lowest BCUT2D eigenvalue weighted by molar-refractivity contribution is -0.128. The Kier molecular flexibility index (Phi) is 6.52. The molecule has 7 heteroatoms. The molecule has 0 saturated carbocycles. The molecule has 0 radical (unpaired) electrons. The van der Waals surface area contributed by atoms with Crippen molar-refractivity contribution < 1.29 is 4.79 Å². The first-order valence-corrected chi connectivity index (χ1v) is 11.3. The van der Waals surface area contributed by atoms with Gasteiger partial charge in [-0.05, 0) is 49.2 Å². The predicted molar refractivity (Wildman–Crippen MR) is 118 cm³/mol. The van der Waals surface area contributed by atoms with E-state index < -0.39 is 0 Å². The highest BCUT2D eigenvalue weighted by molar-refractivity contribution is 7.99. The van der Waals surface area contributed by atoms with Crippen LogP contribution in [-0.2, 0) is 4.79 Å². The summed E-state index contributed by atoms with van der Waals surface area (Å²) in [5.41, 5.74) is 1.89. The van der Waals surface area contributed by atoms with Gasteiger partial charge >= 0.3 is 0 Å². The standard InChI is InChI=1S/C22H23ClN4OS/c23-18-12-10-17(11-13-18)21-24-25-22(27(21)19-8-4-3-5-9-19)29-16-20(28)26-14-6-1-2-7-15-26/h3-5,8-13H,1-2,6-7,14-16H2. The summed E-state index contributed by atoms with van der Waals surface area (Å²) in [6.45, 7) is 1.72. The number of amides is 1. The maximum atomic E-state index is 12.7. The largest absolute Gasteiger partial charge is 0.342 e. The van der Waals surface area contributed by atoms with E-state index in [1.807, 2.05) is 64.1 Å². The zero-order chi connectivity index (χ0) is 20.1. The molecule has 0 spiro atoms. The quantitative estimate of drug-likeness (QED) is 0.533. The molecule has 1 aromatic heterocycles. The molecule has 4 rings (SSSR count). The second-order valence-corrected chi connectivity index (χ2v) is 8.45. The van der Waals surface area contributed by atoms with Crippen LogP contribution in [-0.4, -0.2) is 44.4 Å². The smallest absolute Gasteiger partial charge is 0.233 e. The number of para-hydroxylation sites is 1. The second-order valence-electron chi connectivity index (χ2n) is 7.07. The molecule has 0 atom stereocenters. The van der Waals surface area contributed by atoms with Crippen LogP contribution in [0.4, 0.5) is 0 Å². The van der Waals surface area contributed by atoms with E-state index in [1.54, 1.807) is 0 Å². The number of carbonyl (C=O) groups excluding carboxylic acids is 1. The Morgan fingerprint density at radius 1 is 0.931 bits per heavy atom. The molecule has 150 valence electrons. The highest BCUT2D eigenvalue weighted by atomic mass is 35.5. The van der Waals surface area contributed by atoms with Gasteiger partial charge in [0.25, 0.3) is 0 Å². The van der Waals surface area contributed by atoms with Crippen LogP contribution in [0.2, 0.25) is 5.02 Å². The number of benzene rings is 2. The number of likely N-dealkylation sites (tertiary alicyclic amines) is 1. The number of aromatic nitrogens is 3.